The Labute approximate surface area is 167 Å². The summed E-state index contributed by atoms with van der Waals surface area (Å²) in [6.45, 7) is 1.98. The van der Waals surface area contributed by atoms with Gasteiger partial charge in [-0.2, -0.15) is 0 Å². The van der Waals surface area contributed by atoms with Gasteiger partial charge in [-0.05, 0) is 42.8 Å². The molecular weight excluding hydrogens is 376 g/mol. The first kappa shape index (κ1) is 18.1. The van der Waals surface area contributed by atoms with Crippen molar-refractivity contribution in [2.75, 3.05) is 19.5 Å². The maximum Gasteiger partial charge on any atom is 0.161 e. The van der Waals surface area contributed by atoms with Crippen LogP contribution in [0.15, 0.2) is 55.0 Å². The van der Waals surface area contributed by atoms with Crippen molar-refractivity contribution in [1.29, 1.82) is 0 Å². The summed E-state index contributed by atoms with van der Waals surface area (Å²) in [6.07, 6.45) is 5.32. The number of methoxy groups -OCH3 is 2. The van der Waals surface area contributed by atoms with Gasteiger partial charge in [-0.1, -0.05) is 17.7 Å². The zero-order chi connectivity index (χ0) is 19.7. The molecule has 0 aliphatic carbocycles. The number of nitrogens with one attached hydrogen (secondary N) is 1. The lowest BCUT2D eigenvalue weighted by atomic mass is 10.1. The van der Waals surface area contributed by atoms with Gasteiger partial charge in [-0.3, -0.25) is 9.38 Å². The van der Waals surface area contributed by atoms with Gasteiger partial charge in [0, 0.05) is 28.7 Å². The number of benzene rings is 2. The fourth-order valence-electron chi connectivity index (χ4n) is 3.08. The van der Waals surface area contributed by atoms with E-state index in [2.05, 4.69) is 10.3 Å². The molecule has 0 saturated heterocycles. The summed E-state index contributed by atoms with van der Waals surface area (Å²) in [4.78, 5) is 8.95. The zero-order valence-corrected chi connectivity index (χ0v) is 16.5. The van der Waals surface area contributed by atoms with Crippen LogP contribution >= 0.6 is 11.6 Å². The summed E-state index contributed by atoms with van der Waals surface area (Å²) in [5.74, 6) is 2.12. The molecule has 0 unspecified atom stereocenters. The minimum Gasteiger partial charge on any atom is -0.493 e. The number of anilines is 2. The lowest BCUT2D eigenvalue weighted by molar-refractivity contribution is 0.355. The number of imidazole rings is 1. The third-order valence-electron chi connectivity index (χ3n) is 4.61. The monoisotopic (exact) mass is 394 g/mol. The molecule has 0 spiro atoms. The molecule has 28 heavy (non-hydrogen) atoms. The van der Waals surface area contributed by atoms with Crippen LogP contribution < -0.4 is 14.8 Å². The second kappa shape index (κ2) is 7.40. The van der Waals surface area contributed by atoms with Crippen molar-refractivity contribution in [2.45, 2.75) is 6.92 Å². The summed E-state index contributed by atoms with van der Waals surface area (Å²) in [5.41, 5.74) is 4.27. The highest BCUT2D eigenvalue weighted by molar-refractivity contribution is 6.31. The second-order valence-corrected chi connectivity index (χ2v) is 6.63. The van der Waals surface area contributed by atoms with E-state index in [4.69, 9.17) is 26.1 Å². The molecule has 0 bridgehead atoms. The summed E-state index contributed by atoms with van der Waals surface area (Å²) in [6, 6.07) is 11.5. The van der Waals surface area contributed by atoms with Gasteiger partial charge in [0.05, 0.1) is 20.4 Å². The lowest BCUT2D eigenvalue weighted by Gasteiger charge is -2.13. The van der Waals surface area contributed by atoms with Crippen LogP contribution in [-0.4, -0.2) is 28.6 Å². The van der Waals surface area contributed by atoms with E-state index in [1.54, 1.807) is 26.6 Å². The molecule has 6 nitrogen and oxygen atoms in total. The molecule has 2 heterocycles. The molecule has 0 aliphatic heterocycles. The van der Waals surface area contributed by atoms with Crippen LogP contribution in [0, 0.1) is 6.92 Å². The largest absolute Gasteiger partial charge is 0.493 e. The molecule has 4 aromatic rings. The van der Waals surface area contributed by atoms with Gasteiger partial charge >= 0.3 is 0 Å². The van der Waals surface area contributed by atoms with E-state index < -0.39 is 0 Å². The minimum absolute atomic E-state index is 0.639. The third-order valence-corrected chi connectivity index (χ3v) is 5.02. The number of hydrogen-bond donors (Lipinski definition) is 1. The van der Waals surface area contributed by atoms with Gasteiger partial charge in [0.25, 0.3) is 0 Å². The first-order chi connectivity index (χ1) is 13.6. The predicted molar refractivity (Wildman–Crippen MR) is 111 cm³/mol. The fourth-order valence-corrected chi connectivity index (χ4v) is 3.26. The van der Waals surface area contributed by atoms with Crippen molar-refractivity contribution in [3.63, 3.8) is 0 Å². The SMILES string of the molecule is COc1ccc(-c2nc3cnccn3c2Nc2cccc(Cl)c2C)cc1OC. The molecule has 0 radical (unpaired) electrons. The van der Waals surface area contributed by atoms with E-state index in [1.807, 2.05) is 53.9 Å². The number of hydrogen-bond acceptors (Lipinski definition) is 5. The van der Waals surface area contributed by atoms with Crippen LogP contribution in [0.5, 0.6) is 11.5 Å². The first-order valence-corrected chi connectivity index (χ1v) is 9.06. The third kappa shape index (κ3) is 3.12. The molecular formula is C21H19ClN4O2. The van der Waals surface area contributed by atoms with Gasteiger partial charge < -0.3 is 14.8 Å². The molecule has 7 heteroatoms. The Morgan fingerprint density at radius 3 is 2.68 bits per heavy atom. The van der Waals surface area contributed by atoms with Gasteiger partial charge in [-0.15, -0.1) is 0 Å². The van der Waals surface area contributed by atoms with Gasteiger partial charge in [-0.25, -0.2) is 4.98 Å². The predicted octanol–water partition coefficient (Wildman–Crippen LogP) is 5.12. The quantitative estimate of drug-likeness (QED) is 0.509. The van der Waals surface area contributed by atoms with Crippen molar-refractivity contribution >= 4 is 28.8 Å². The Kier molecular flexibility index (Phi) is 4.79. The van der Waals surface area contributed by atoms with Crippen molar-refractivity contribution in [3.8, 4) is 22.8 Å². The van der Waals surface area contributed by atoms with Crippen molar-refractivity contribution < 1.29 is 9.47 Å². The molecule has 0 saturated carbocycles. The molecule has 0 fully saturated rings. The Balaban J connectivity index is 1.90. The summed E-state index contributed by atoms with van der Waals surface area (Å²) < 4.78 is 12.8. The highest BCUT2D eigenvalue weighted by Gasteiger charge is 2.17. The Bertz CT molecular complexity index is 1160. The van der Waals surface area contributed by atoms with Crippen LogP contribution in [0.1, 0.15) is 5.56 Å². The van der Waals surface area contributed by atoms with E-state index in [1.165, 1.54) is 0 Å². The van der Waals surface area contributed by atoms with E-state index in [0.717, 1.165) is 34.0 Å². The highest BCUT2D eigenvalue weighted by atomic mass is 35.5. The van der Waals surface area contributed by atoms with Gasteiger partial charge in [0.1, 0.15) is 11.5 Å². The molecule has 142 valence electrons. The normalized spacial score (nSPS) is 10.9. The molecule has 2 aromatic heterocycles. The maximum atomic E-state index is 6.30. The average Bonchev–Trinajstić information content (AvgIpc) is 3.09. The number of aromatic nitrogens is 3. The Morgan fingerprint density at radius 1 is 1.07 bits per heavy atom. The second-order valence-electron chi connectivity index (χ2n) is 6.22. The van der Waals surface area contributed by atoms with Crippen LogP contribution in [0.25, 0.3) is 16.9 Å². The number of ether oxygens (including phenoxy) is 2. The van der Waals surface area contributed by atoms with Crippen LogP contribution in [0.2, 0.25) is 5.02 Å². The number of rotatable bonds is 5. The number of nitrogens with zero attached hydrogens (tertiary/aromatic N) is 3. The smallest absolute Gasteiger partial charge is 0.161 e. The van der Waals surface area contributed by atoms with Gasteiger partial charge in [0.15, 0.2) is 17.1 Å². The fraction of sp³-hybridized carbons (Fsp3) is 0.143. The van der Waals surface area contributed by atoms with Crippen LogP contribution in [-0.2, 0) is 0 Å². The van der Waals surface area contributed by atoms with E-state index in [-0.39, 0.29) is 0 Å². The molecule has 0 amide bonds. The Morgan fingerprint density at radius 2 is 1.89 bits per heavy atom. The summed E-state index contributed by atoms with van der Waals surface area (Å²) >= 11 is 6.30. The molecule has 0 aliphatic rings. The zero-order valence-electron chi connectivity index (χ0n) is 15.7. The molecule has 0 atom stereocenters. The van der Waals surface area contributed by atoms with Gasteiger partial charge in [0.2, 0.25) is 0 Å². The maximum absolute atomic E-state index is 6.30. The van der Waals surface area contributed by atoms with Crippen molar-refractivity contribution in [3.05, 3.63) is 65.6 Å². The topological polar surface area (TPSA) is 60.7 Å². The number of fused-ring (bicyclic) bond motifs is 1. The summed E-state index contributed by atoms with van der Waals surface area (Å²) in [7, 11) is 3.23. The Hall–Kier alpha value is -3.25. The average molecular weight is 395 g/mol. The number of halogens is 1. The lowest BCUT2D eigenvalue weighted by Crippen LogP contribution is -1.99. The van der Waals surface area contributed by atoms with E-state index in [9.17, 15) is 0 Å². The van der Waals surface area contributed by atoms with E-state index in [0.29, 0.717) is 16.5 Å². The molecule has 4 rings (SSSR count). The highest BCUT2D eigenvalue weighted by Crippen LogP contribution is 2.37. The van der Waals surface area contributed by atoms with Crippen LogP contribution in [0.3, 0.4) is 0 Å². The summed E-state index contributed by atoms with van der Waals surface area (Å²) in [5, 5.41) is 4.19. The van der Waals surface area contributed by atoms with Crippen molar-refractivity contribution in [2.24, 2.45) is 0 Å². The molecule has 1 N–H and O–H groups in total. The van der Waals surface area contributed by atoms with E-state index >= 15 is 0 Å². The van der Waals surface area contributed by atoms with Crippen molar-refractivity contribution in [1.82, 2.24) is 14.4 Å². The molecule has 2 aromatic carbocycles. The van der Waals surface area contributed by atoms with Crippen LogP contribution in [0.4, 0.5) is 11.5 Å². The minimum atomic E-state index is 0.639. The first-order valence-electron chi connectivity index (χ1n) is 8.69. The standard InChI is InChI=1S/C21H19ClN4O2/c1-13-15(22)5-4-6-16(13)24-21-20(25-19-12-23-9-10-26(19)21)14-7-8-17(27-2)18(11-14)28-3/h4-12,24H,1-3H3.